The minimum atomic E-state index is -0.118. The van der Waals surface area contributed by atoms with E-state index < -0.39 is 0 Å². The number of pyridine rings is 1. The maximum Gasteiger partial charge on any atom is 0.138 e. The lowest BCUT2D eigenvalue weighted by Crippen LogP contribution is -2.46. The van der Waals surface area contributed by atoms with Crippen LogP contribution in [0.1, 0.15) is 12.5 Å². The highest BCUT2D eigenvalue weighted by molar-refractivity contribution is 7.17. The Morgan fingerprint density at radius 3 is 2.59 bits per heavy atom. The lowest BCUT2D eigenvalue weighted by molar-refractivity contribution is 0.271. The molecule has 0 radical (unpaired) electrons. The third kappa shape index (κ3) is 3.84. The minimum absolute atomic E-state index is 0.118. The van der Waals surface area contributed by atoms with Gasteiger partial charge in [-0.25, -0.2) is 4.98 Å². The van der Waals surface area contributed by atoms with Gasteiger partial charge in [0.05, 0.1) is 5.69 Å². The number of aliphatic hydroxyl groups is 1. The largest absolute Gasteiger partial charge is 0.384 e. The van der Waals surface area contributed by atoms with Gasteiger partial charge >= 0.3 is 0 Å². The van der Waals surface area contributed by atoms with E-state index in [1.807, 2.05) is 12.1 Å². The Morgan fingerprint density at radius 2 is 1.89 bits per heavy atom. The molecule has 5 heteroatoms. The maximum atomic E-state index is 8.84. The topological polar surface area (TPSA) is 39.6 Å². The predicted molar refractivity (Wildman–Crippen MR) is 113 cm³/mol. The van der Waals surface area contributed by atoms with Gasteiger partial charge < -0.3 is 14.9 Å². The van der Waals surface area contributed by atoms with Crippen LogP contribution in [0.25, 0.3) is 21.3 Å². The first kappa shape index (κ1) is 18.0. The number of hydrogen-bond acceptors (Lipinski definition) is 5. The molecule has 1 aliphatic heterocycles. The molecule has 1 aliphatic rings. The summed E-state index contributed by atoms with van der Waals surface area (Å²) >= 11 is 1.77. The number of likely N-dealkylation sites (N-methyl/N-ethyl adjacent to an activating group) is 1. The number of thiophene rings is 1. The quantitative estimate of drug-likeness (QED) is 0.710. The maximum absolute atomic E-state index is 8.84. The molecule has 1 N–H and O–H groups in total. The molecule has 1 fully saturated rings. The summed E-state index contributed by atoms with van der Waals surface area (Å²) in [6, 6.07) is 12.5. The van der Waals surface area contributed by atoms with Crippen molar-refractivity contribution >= 4 is 27.2 Å². The highest BCUT2D eigenvalue weighted by atomic mass is 32.1. The van der Waals surface area contributed by atoms with Crippen molar-refractivity contribution in [2.75, 3.05) is 44.2 Å². The summed E-state index contributed by atoms with van der Waals surface area (Å²) in [7, 11) is 0. The van der Waals surface area contributed by atoms with Crippen molar-refractivity contribution in [1.29, 1.82) is 0 Å². The van der Waals surface area contributed by atoms with Crippen molar-refractivity contribution in [1.82, 2.24) is 9.88 Å². The number of piperazine rings is 1. The van der Waals surface area contributed by atoms with Crippen LogP contribution in [0, 0.1) is 11.8 Å². The molecule has 0 atom stereocenters. The van der Waals surface area contributed by atoms with Gasteiger partial charge in [-0.2, -0.15) is 0 Å². The number of fused-ring (bicyclic) bond motifs is 1. The molecule has 3 aromatic rings. The molecule has 4 rings (SSSR count). The fraction of sp³-hybridized carbons (Fsp3) is 0.318. The van der Waals surface area contributed by atoms with Gasteiger partial charge in [0, 0.05) is 47.4 Å². The fourth-order valence-corrected chi connectivity index (χ4v) is 4.30. The van der Waals surface area contributed by atoms with Crippen molar-refractivity contribution in [3.05, 3.63) is 47.3 Å². The third-order valence-corrected chi connectivity index (χ3v) is 5.91. The number of hydrogen-bond donors (Lipinski definition) is 1. The molecule has 0 unspecified atom stereocenters. The Bertz CT molecular complexity index is 976. The van der Waals surface area contributed by atoms with Gasteiger partial charge in [-0.3, -0.25) is 0 Å². The van der Waals surface area contributed by atoms with E-state index in [0.717, 1.165) is 55.4 Å². The molecule has 0 saturated carbocycles. The summed E-state index contributed by atoms with van der Waals surface area (Å²) in [5.74, 6) is 6.73. The van der Waals surface area contributed by atoms with Gasteiger partial charge in [-0.05, 0) is 36.2 Å². The lowest BCUT2D eigenvalue weighted by Gasteiger charge is -2.35. The number of benzene rings is 1. The van der Waals surface area contributed by atoms with E-state index >= 15 is 0 Å². The Morgan fingerprint density at radius 1 is 1.11 bits per heavy atom. The van der Waals surface area contributed by atoms with Crippen LogP contribution in [-0.2, 0) is 0 Å². The van der Waals surface area contributed by atoms with Crippen LogP contribution in [0.15, 0.2) is 41.8 Å². The smallest absolute Gasteiger partial charge is 0.138 e. The molecular formula is C22H23N3OS. The zero-order valence-electron chi connectivity index (χ0n) is 15.5. The molecule has 138 valence electrons. The summed E-state index contributed by atoms with van der Waals surface area (Å²) in [6.07, 6.45) is 0. The summed E-state index contributed by atoms with van der Waals surface area (Å²) in [6.45, 7) is 7.43. The first-order valence-corrected chi connectivity index (χ1v) is 10.2. The number of anilines is 1. The molecule has 3 heterocycles. The SMILES string of the molecule is CCN1CCN(c2nc(-c3ccc(C#CCO)cc3)cc3sccc23)CC1. The van der Waals surface area contributed by atoms with Crippen molar-refractivity contribution in [2.45, 2.75) is 6.92 Å². The molecule has 0 amide bonds. The number of rotatable bonds is 3. The molecule has 0 spiro atoms. The second kappa shape index (κ2) is 8.10. The highest BCUT2D eigenvalue weighted by Crippen LogP contribution is 2.33. The van der Waals surface area contributed by atoms with Crippen LogP contribution in [-0.4, -0.2) is 54.3 Å². The molecular weight excluding hydrogens is 354 g/mol. The second-order valence-corrected chi connectivity index (χ2v) is 7.57. The van der Waals surface area contributed by atoms with E-state index in [9.17, 15) is 0 Å². The standard InChI is InChI=1S/C22H23N3OS/c1-2-24-10-12-25(13-11-24)22-19-9-15-27-21(19)16-20(23-22)18-7-5-17(6-8-18)4-3-14-26/h5-9,15-16,26H,2,10-14H2,1H3. The van der Waals surface area contributed by atoms with Crippen LogP contribution in [0.5, 0.6) is 0 Å². The highest BCUT2D eigenvalue weighted by Gasteiger charge is 2.20. The average molecular weight is 378 g/mol. The normalized spacial score (nSPS) is 15.0. The predicted octanol–water partition coefficient (Wildman–Crippen LogP) is 3.45. The van der Waals surface area contributed by atoms with Crippen molar-refractivity contribution in [3.63, 3.8) is 0 Å². The van der Waals surface area contributed by atoms with E-state index in [1.54, 1.807) is 11.3 Å². The van der Waals surface area contributed by atoms with E-state index in [0.29, 0.717) is 0 Å². The Kier molecular flexibility index (Phi) is 5.40. The molecule has 0 bridgehead atoms. The van der Waals surface area contributed by atoms with Gasteiger partial charge in [-0.15, -0.1) is 11.3 Å². The average Bonchev–Trinajstić information content (AvgIpc) is 3.21. The molecule has 1 saturated heterocycles. The van der Waals surface area contributed by atoms with E-state index in [2.05, 4.69) is 58.2 Å². The molecule has 1 aromatic carbocycles. The lowest BCUT2D eigenvalue weighted by atomic mass is 10.1. The summed E-state index contributed by atoms with van der Waals surface area (Å²) in [5.41, 5.74) is 2.99. The summed E-state index contributed by atoms with van der Waals surface area (Å²) < 4.78 is 1.28. The molecule has 4 nitrogen and oxygen atoms in total. The van der Waals surface area contributed by atoms with Crippen LogP contribution in [0.2, 0.25) is 0 Å². The van der Waals surface area contributed by atoms with Crippen LogP contribution >= 0.6 is 11.3 Å². The van der Waals surface area contributed by atoms with Gasteiger partial charge in [0.25, 0.3) is 0 Å². The van der Waals surface area contributed by atoms with Crippen molar-refractivity contribution < 1.29 is 5.11 Å². The first-order chi connectivity index (χ1) is 13.3. The first-order valence-electron chi connectivity index (χ1n) is 9.34. The fourth-order valence-electron chi connectivity index (χ4n) is 3.48. The summed E-state index contributed by atoms with van der Waals surface area (Å²) in [5, 5.41) is 12.2. The van der Waals surface area contributed by atoms with Crippen molar-refractivity contribution in [2.24, 2.45) is 0 Å². The second-order valence-electron chi connectivity index (χ2n) is 6.62. The van der Waals surface area contributed by atoms with Crippen LogP contribution in [0.3, 0.4) is 0 Å². The van der Waals surface area contributed by atoms with E-state index in [4.69, 9.17) is 10.1 Å². The monoisotopic (exact) mass is 377 g/mol. The molecule has 27 heavy (non-hydrogen) atoms. The minimum Gasteiger partial charge on any atom is -0.384 e. The Hall–Kier alpha value is -2.39. The molecule has 0 aliphatic carbocycles. The Balaban J connectivity index is 1.68. The van der Waals surface area contributed by atoms with Gasteiger partial charge in [0.1, 0.15) is 12.4 Å². The van der Waals surface area contributed by atoms with E-state index in [-0.39, 0.29) is 6.61 Å². The zero-order valence-corrected chi connectivity index (χ0v) is 16.3. The number of nitrogens with zero attached hydrogens (tertiary/aromatic N) is 3. The van der Waals surface area contributed by atoms with Gasteiger partial charge in [-0.1, -0.05) is 30.9 Å². The van der Waals surface area contributed by atoms with E-state index in [1.165, 1.54) is 10.1 Å². The van der Waals surface area contributed by atoms with Gasteiger partial charge in [0.2, 0.25) is 0 Å². The Labute approximate surface area is 164 Å². The summed E-state index contributed by atoms with van der Waals surface area (Å²) in [4.78, 5) is 9.95. The number of aromatic nitrogens is 1. The van der Waals surface area contributed by atoms with Gasteiger partial charge in [0.15, 0.2) is 0 Å². The molecule has 2 aromatic heterocycles. The van der Waals surface area contributed by atoms with Crippen molar-refractivity contribution in [3.8, 4) is 23.1 Å². The number of aliphatic hydroxyl groups excluding tert-OH is 1. The zero-order chi connectivity index (χ0) is 18.6. The third-order valence-electron chi connectivity index (χ3n) is 5.04. The van der Waals surface area contributed by atoms with Crippen LogP contribution in [0.4, 0.5) is 5.82 Å². The van der Waals surface area contributed by atoms with Crippen LogP contribution < -0.4 is 4.90 Å².